The largest absolute Gasteiger partial charge is 0.494 e. The number of rotatable bonds is 12. The van der Waals surface area contributed by atoms with E-state index in [2.05, 4.69) is 104 Å². The summed E-state index contributed by atoms with van der Waals surface area (Å²) in [5.41, 5.74) is 5.41. The molecule has 8 N–H and O–H groups in total. The molecule has 4 aliphatic heterocycles. The summed E-state index contributed by atoms with van der Waals surface area (Å²) >= 11 is 37.1. The number of aromatic hydroxyl groups is 4. The summed E-state index contributed by atoms with van der Waals surface area (Å²) in [6.07, 6.45) is 0. The van der Waals surface area contributed by atoms with Gasteiger partial charge in [0, 0.05) is 80.0 Å². The van der Waals surface area contributed by atoms with E-state index in [0.717, 1.165) is 64.4 Å². The van der Waals surface area contributed by atoms with Crippen molar-refractivity contribution in [2.75, 3.05) is 0 Å². The average Bonchev–Trinajstić information content (AvgIpc) is 1.59. The number of nitro benzene ring substituents is 4. The summed E-state index contributed by atoms with van der Waals surface area (Å²) in [5, 5.41) is 86.9. The molecular weight excluding hydrogens is 1750 g/mol. The highest BCUT2D eigenvalue weighted by Gasteiger charge is 2.40. The molecule has 36 heteroatoms. The molecule has 0 radical (unpaired) electrons. The molecular formula is C72H36Br4Cl4N12O16. The van der Waals surface area contributed by atoms with Crippen molar-refractivity contribution in [1.29, 1.82) is 0 Å². The minimum atomic E-state index is -0.819. The van der Waals surface area contributed by atoms with Gasteiger partial charge in [0.15, 0.2) is 23.5 Å². The van der Waals surface area contributed by atoms with E-state index < -0.39 is 54.6 Å². The molecule has 0 atom stereocenters. The molecule has 8 aromatic carbocycles. The zero-order valence-corrected chi connectivity index (χ0v) is 62.8. The molecule has 4 aliphatic rings. The molecule has 4 aromatic heterocycles. The molecule has 0 saturated heterocycles. The molecule has 0 unspecified atom stereocenters. The fraction of sp³-hybridized carbons (Fsp3) is 0. The lowest BCUT2D eigenvalue weighted by molar-refractivity contribution is -0.385. The first-order valence-corrected chi connectivity index (χ1v) is 35.3. The minimum Gasteiger partial charge on any atom is -0.494 e. The Kier molecular flexibility index (Phi) is 20.5. The van der Waals surface area contributed by atoms with Crippen LogP contribution in [0.4, 0.5) is 22.7 Å². The van der Waals surface area contributed by atoms with Crippen molar-refractivity contribution in [3.05, 3.63) is 315 Å². The molecule has 536 valence electrons. The molecule has 28 nitrogen and oxygen atoms in total. The van der Waals surface area contributed by atoms with E-state index >= 15 is 0 Å². The van der Waals surface area contributed by atoms with Crippen molar-refractivity contribution in [3.8, 4) is 68.5 Å². The van der Waals surface area contributed by atoms with Gasteiger partial charge in [-0.05, 0) is 78.4 Å². The van der Waals surface area contributed by atoms with Gasteiger partial charge in [0.1, 0.15) is 10.0 Å². The van der Waals surface area contributed by atoms with Gasteiger partial charge in [-0.15, -0.1) is 0 Å². The highest BCUT2D eigenvalue weighted by atomic mass is 79.9. The molecule has 12 aromatic rings. The highest BCUT2D eigenvalue weighted by molar-refractivity contribution is 9.11. The zero-order chi connectivity index (χ0) is 77.2. The third kappa shape index (κ3) is 13.9. The number of fused-ring (bicyclic) bond motifs is 4. The molecule has 108 heavy (non-hydrogen) atoms. The summed E-state index contributed by atoms with van der Waals surface area (Å²) in [6.45, 7) is 0. The topological polar surface area (TPSA) is 434 Å². The van der Waals surface area contributed by atoms with Crippen LogP contribution in [0.15, 0.2) is 208 Å². The molecule has 0 fully saturated rings. The molecule has 8 heterocycles. The molecule has 0 aliphatic carbocycles. The van der Waals surface area contributed by atoms with Crippen LogP contribution in [0.5, 0.6) is 23.5 Å². The number of nitrogens with zero attached hydrogens (tertiary/aromatic N) is 8. The van der Waals surface area contributed by atoms with Gasteiger partial charge >= 0.3 is 0 Å². The molecule has 0 spiro atoms. The molecule has 4 amide bonds. The van der Waals surface area contributed by atoms with Crippen LogP contribution >= 0.6 is 110 Å². The third-order valence-electron chi connectivity index (χ3n) is 16.7. The van der Waals surface area contributed by atoms with Crippen molar-refractivity contribution in [1.82, 2.24) is 19.9 Å². The van der Waals surface area contributed by atoms with E-state index in [1.54, 1.807) is 0 Å². The van der Waals surface area contributed by atoms with Crippen LogP contribution < -0.4 is 0 Å². The zero-order valence-electron chi connectivity index (χ0n) is 53.5. The Hall–Kier alpha value is -11.9. The summed E-state index contributed by atoms with van der Waals surface area (Å²) in [7, 11) is 0. The fourth-order valence-electron chi connectivity index (χ4n) is 12.2. The fourth-order valence-corrected chi connectivity index (χ4v) is 14.6. The lowest BCUT2D eigenvalue weighted by Crippen LogP contribution is -2.04. The Bertz CT molecular complexity index is 6140. The first kappa shape index (κ1) is 74.4. The van der Waals surface area contributed by atoms with Gasteiger partial charge in [-0.1, -0.05) is 183 Å². The second-order valence-corrected chi connectivity index (χ2v) is 28.3. The number of aromatic amines is 4. The number of halogens is 8. The van der Waals surface area contributed by atoms with E-state index in [-0.39, 0.29) is 122 Å². The van der Waals surface area contributed by atoms with Crippen LogP contribution in [0.25, 0.3) is 45.0 Å². The second-order valence-electron chi connectivity index (χ2n) is 23.1. The number of nitro groups is 4. The van der Waals surface area contributed by atoms with Gasteiger partial charge < -0.3 is 40.4 Å². The quantitative estimate of drug-likeness (QED) is 0.0416. The minimum absolute atomic E-state index is 0.00337. The Balaban J connectivity index is 0.000000128. The van der Waals surface area contributed by atoms with Crippen LogP contribution in [0, 0.1) is 40.5 Å². The van der Waals surface area contributed by atoms with Crippen molar-refractivity contribution >= 4 is 179 Å². The van der Waals surface area contributed by atoms with E-state index in [4.69, 9.17) is 46.4 Å². The number of nitrogens with one attached hydrogen (secondary N) is 4. The molecule has 16 rings (SSSR count). The van der Waals surface area contributed by atoms with E-state index in [1.807, 2.05) is 97.1 Å². The summed E-state index contributed by atoms with van der Waals surface area (Å²) in [6, 6.07) is 45.4. The van der Waals surface area contributed by atoms with Gasteiger partial charge in [-0.3, -0.25) is 59.6 Å². The van der Waals surface area contributed by atoms with Crippen LogP contribution in [-0.4, -0.2) is 107 Å². The van der Waals surface area contributed by atoms with Crippen LogP contribution in [0.2, 0.25) is 20.1 Å². The number of amides is 4. The number of aliphatic imine (C=N–C) groups is 4. The predicted octanol–water partition coefficient (Wildman–Crippen LogP) is 18.8. The summed E-state index contributed by atoms with van der Waals surface area (Å²) < 4.78 is 3.41. The predicted molar refractivity (Wildman–Crippen MR) is 415 cm³/mol. The van der Waals surface area contributed by atoms with Gasteiger partial charge in [-0.2, -0.15) is 0 Å². The van der Waals surface area contributed by atoms with Crippen molar-refractivity contribution < 1.29 is 59.3 Å². The maximum absolute atomic E-state index is 12.6. The normalized spacial score (nSPS) is 12.8. The van der Waals surface area contributed by atoms with E-state index in [9.17, 15) is 80.1 Å². The van der Waals surface area contributed by atoms with E-state index in [0.29, 0.717) is 45.1 Å². The van der Waals surface area contributed by atoms with Gasteiger partial charge in [0.05, 0.1) is 121 Å². The molecule has 0 bridgehead atoms. The summed E-state index contributed by atoms with van der Waals surface area (Å²) in [4.78, 5) is 120. The number of aromatic nitrogens is 4. The monoisotopic (exact) mass is 1780 g/mol. The maximum atomic E-state index is 12.6. The average molecular weight is 1790 g/mol. The van der Waals surface area contributed by atoms with Crippen molar-refractivity contribution in [2.45, 2.75) is 0 Å². The van der Waals surface area contributed by atoms with Crippen LogP contribution in [0.3, 0.4) is 0 Å². The number of H-pyrrole nitrogens is 4. The number of carbonyl (C=O) groups excluding carboxylic acids is 4. The van der Waals surface area contributed by atoms with Gasteiger partial charge in [-0.25, -0.2) is 20.0 Å². The second kappa shape index (κ2) is 29.8. The first-order chi connectivity index (χ1) is 51.5. The Labute approximate surface area is 657 Å². The van der Waals surface area contributed by atoms with Crippen LogP contribution in [-0.2, 0) is 0 Å². The standard InChI is InChI=1S/2C18H10Br2N2O2.2C18H8Cl2N4O6/c19-11-5-1-3-9(7-11)15-13-14(18(24)21-15)16(22-17(13)23)10-4-2-6-12(20)8-10;19-11-7-3-1-5-9(11)15-13-14(18(24)21-15)16(22-17(13)23)10-6-2-4-8-12(10)20;19-7-1-3-9(11(5-7)23(27)28)15-13-14(18(26)21-15)16(22-17(13)25)10-4-2-8(20)6-12(10)24(29)30;19-9-3-1-7(5-11(9)23(27)28)15-13-14(18(26)21-15)16(22-17(13)25)8-2-4-10(20)12(6-8)24(29)30/h2*1-8,21,24H;2*1-6,21,26H. The van der Waals surface area contributed by atoms with Gasteiger partial charge in [0.2, 0.25) is 0 Å². The van der Waals surface area contributed by atoms with Gasteiger partial charge in [0.25, 0.3) is 46.4 Å². The Morgan fingerprint density at radius 1 is 0.315 bits per heavy atom. The number of hydrogen-bond donors (Lipinski definition) is 8. The Morgan fingerprint density at radius 2 is 0.648 bits per heavy atom. The lowest BCUT2D eigenvalue weighted by atomic mass is 9.98. The van der Waals surface area contributed by atoms with E-state index in [1.165, 1.54) is 48.5 Å². The number of hydrogen-bond acceptors (Lipinski definition) is 16. The number of benzene rings is 8. The van der Waals surface area contributed by atoms with Crippen LogP contribution in [0.1, 0.15) is 85.9 Å². The molecule has 0 saturated carbocycles. The highest BCUT2D eigenvalue weighted by Crippen LogP contribution is 2.47. The maximum Gasteiger partial charge on any atom is 0.288 e. The Morgan fingerprint density at radius 3 is 1.10 bits per heavy atom. The van der Waals surface area contributed by atoms with Crippen molar-refractivity contribution in [2.24, 2.45) is 20.0 Å². The third-order valence-corrected chi connectivity index (χ3v) is 20.2. The smallest absolute Gasteiger partial charge is 0.288 e. The number of carbonyl (C=O) groups is 4. The SMILES string of the molecule is O=C1N=C(c2ccc(Cl)c([N+](=O)[O-])c2)c2c(O)[nH]c(-c3ccc(Cl)c([N+](=O)[O-])c3)c21.O=C1N=C(c2ccc(Cl)cc2[N+](=O)[O-])c2c(O)[nH]c(-c3ccc(Cl)cc3[N+](=O)[O-])c21.O=C1N=C(c2cccc(Br)c2)c2c(O)[nH]c(-c3cccc(Br)c3)c21.O=C1N=C(c2ccccc2Br)c2c(O)[nH]c(-c3ccccc3Br)c21. The van der Waals surface area contributed by atoms with Crippen molar-refractivity contribution in [3.63, 3.8) is 0 Å². The first-order valence-electron chi connectivity index (χ1n) is 30.6. The lowest BCUT2D eigenvalue weighted by Gasteiger charge is -2.03. The summed E-state index contributed by atoms with van der Waals surface area (Å²) in [5.74, 6) is -3.30.